The van der Waals surface area contributed by atoms with Crippen molar-refractivity contribution < 1.29 is 4.42 Å². The van der Waals surface area contributed by atoms with Gasteiger partial charge < -0.3 is 9.32 Å². The summed E-state index contributed by atoms with van der Waals surface area (Å²) >= 11 is 0. The van der Waals surface area contributed by atoms with Crippen LogP contribution < -0.4 is 4.90 Å². The maximum absolute atomic E-state index is 6.66. The zero-order valence-electron chi connectivity index (χ0n) is 37.3. The van der Waals surface area contributed by atoms with E-state index in [4.69, 9.17) is 4.42 Å². The molecule has 0 unspecified atom stereocenters. The average Bonchev–Trinajstić information content (AvgIpc) is 3.98. The van der Waals surface area contributed by atoms with E-state index in [0.29, 0.717) is 0 Å². The largest absolute Gasteiger partial charge is 0.456 e. The summed E-state index contributed by atoms with van der Waals surface area (Å²) in [6, 6.07) is 74.9. The molecule has 312 valence electrons. The first-order chi connectivity index (χ1) is 31.7. The number of benzene rings is 9. The predicted molar refractivity (Wildman–Crippen MR) is 271 cm³/mol. The van der Waals surface area contributed by atoms with Crippen LogP contribution in [0.25, 0.3) is 66.4 Å². The lowest BCUT2D eigenvalue weighted by atomic mass is 9.63. The van der Waals surface area contributed by atoms with Crippen molar-refractivity contribution in [2.45, 2.75) is 56.8 Å². The highest BCUT2D eigenvalue weighted by Crippen LogP contribution is 2.64. The van der Waals surface area contributed by atoms with Crippen molar-refractivity contribution in [2.24, 2.45) is 0 Å². The number of anilines is 3. The topological polar surface area (TPSA) is 16.4 Å². The van der Waals surface area contributed by atoms with Crippen LogP contribution in [0.2, 0.25) is 0 Å². The molecule has 0 N–H and O–H groups in total. The monoisotopic (exact) mass is 835 g/mol. The van der Waals surface area contributed by atoms with Gasteiger partial charge in [-0.3, -0.25) is 0 Å². The molecule has 9 aromatic carbocycles. The first-order valence-electron chi connectivity index (χ1n) is 23.2. The fourth-order valence-electron chi connectivity index (χ4n) is 12.1. The molecular formula is C63H49NO. The predicted octanol–water partition coefficient (Wildman–Crippen LogP) is 17.1. The van der Waals surface area contributed by atoms with Gasteiger partial charge in [0, 0.05) is 16.6 Å². The van der Waals surface area contributed by atoms with Gasteiger partial charge in [-0.05, 0) is 138 Å². The molecule has 0 radical (unpaired) electrons. The molecule has 0 bridgehead atoms. The molecule has 1 aromatic heterocycles. The van der Waals surface area contributed by atoms with Crippen LogP contribution in [0.1, 0.15) is 73.9 Å². The van der Waals surface area contributed by atoms with Crippen LogP contribution in [0.4, 0.5) is 17.1 Å². The van der Waals surface area contributed by atoms with Crippen molar-refractivity contribution in [1.29, 1.82) is 0 Å². The Labute approximate surface area is 381 Å². The number of hydrogen-bond acceptors (Lipinski definition) is 2. The SMILES string of the molecule is CC1(C)CCC(C)(C)c2cc(-c3cc4c(cc3N(c3ccc(-c5ccccc5)cc3)c3cccc5oc6ccccc6c35)C3(c5ccccc5-c5ccccc53)c3ccccc3-4)ccc21. The Bertz CT molecular complexity index is 3500. The lowest BCUT2D eigenvalue weighted by molar-refractivity contribution is 0.332. The maximum atomic E-state index is 6.66. The number of para-hydroxylation sites is 1. The van der Waals surface area contributed by atoms with E-state index < -0.39 is 5.41 Å². The van der Waals surface area contributed by atoms with E-state index in [1.54, 1.807) is 0 Å². The van der Waals surface area contributed by atoms with Gasteiger partial charge in [0.05, 0.1) is 22.2 Å². The Balaban J connectivity index is 1.17. The summed E-state index contributed by atoms with van der Waals surface area (Å²) in [5, 5.41) is 2.21. The smallest absolute Gasteiger partial charge is 0.137 e. The summed E-state index contributed by atoms with van der Waals surface area (Å²) in [4.78, 5) is 2.53. The Morgan fingerprint density at radius 2 is 0.923 bits per heavy atom. The summed E-state index contributed by atoms with van der Waals surface area (Å²) < 4.78 is 6.66. The Hall–Kier alpha value is -7.42. The summed E-state index contributed by atoms with van der Waals surface area (Å²) in [6.07, 6.45) is 2.32. The van der Waals surface area contributed by atoms with E-state index in [0.717, 1.165) is 45.4 Å². The molecule has 0 amide bonds. The van der Waals surface area contributed by atoms with Gasteiger partial charge in [-0.1, -0.05) is 185 Å². The molecule has 10 aromatic rings. The fraction of sp³-hybridized carbons (Fsp3) is 0.143. The normalized spacial score (nSPS) is 15.6. The zero-order chi connectivity index (χ0) is 43.7. The summed E-state index contributed by atoms with van der Waals surface area (Å²) in [5.41, 5.74) is 22.9. The molecule has 0 saturated carbocycles. The van der Waals surface area contributed by atoms with Gasteiger partial charge >= 0.3 is 0 Å². The van der Waals surface area contributed by atoms with Gasteiger partial charge in [-0.15, -0.1) is 0 Å². The van der Waals surface area contributed by atoms with Crippen LogP contribution in [-0.2, 0) is 16.2 Å². The van der Waals surface area contributed by atoms with Crippen LogP contribution in [-0.4, -0.2) is 0 Å². The van der Waals surface area contributed by atoms with Crippen molar-refractivity contribution in [1.82, 2.24) is 0 Å². The molecule has 13 rings (SSSR count). The second-order valence-corrected chi connectivity index (χ2v) is 19.8. The summed E-state index contributed by atoms with van der Waals surface area (Å²) in [7, 11) is 0. The Kier molecular flexibility index (Phi) is 8.08. The maximum Gasteiger partial charge on any atom is 0.137 e. The fourth-order valence-corrected chi connectivity index (χ4v) is 12.1. The molecule has 2 nitrogen and oxygen atoms in total. The standard InChI is InChI=1S/C63H49NO/c1-61(2)35-36-62(3,4)55-37-42(31-34-53(55)61)48-38-49-46-21-10-14-25-52(46)63(50-23-12-8-19-44(50)45-20-9-13-24-51(45)63)54(49)39-57(48)64(43-32-29-41(30-33-43)40-17-6-5-7-18-40)56-26-16-28-59-60(56)47-22-11-15-27-58(47)65-59/h5-34,37-39H,35-36H2,1-4H3. The molecule has 3 aliphatic carbocycles. The first-order valence-corrected chi connectivity index (χ1v) is 23.2. The van der Waals surface area contributed by atoms with E-state index in [9.17, 15) is 0 Å². The van der Waals surface area contributed by atoms with E-state index >= 15 is 0 Å². The molecule has 3 aliphatic rings. The Morgan fingerprint density at radius 1 is 0.369 bits per heavy atom. The molecule has 1 spiro atoms. The van der Waals surface area contributed by atoms with E-state index in [2.05, 4.69) is 233 Å². The quantitative estimate of drug-likeness (QED) is 0.172. The number of rotatable bonds is 5. The summed E-state index contributed by atoms with van der Waals surface area (Å²) in [6.45, 7) is 9.72. The van der Waals surface area contributed by atoms with Gasteiger partial charge in [-0.25, -0.2) is 0 Å². The number of nitrogens with zero attached hydrogens (tertiary/aromatic N) is 1. The highest BCUT2D eigenvalue weighted by Gasteiger charge is 2.52. The second-order valence-electron chi connectivity index (χ2n) is 19.8. The number of hydrogen-bond donors (Lipinski definition) is 0. The second kappa shape index (κ2) is 13.8. The van der Waals surface area contributed by atoms with E-state index in [1.807, 2.05) is 0 Å². The third-order valence-corrected chi connectivity index (χ3v) is 15.4. The van der Waals surface area contributed by atoms with Crippen LogP contribution in [0.15, 0.2) is 205 Å². The minimum absolute atomic E-state index is 0.0416. The zero-order valence-corrected chi connectivity index (χ0v) is 37.3. The average molecular weight is 836 g/mol. The molecule has 65 heavy (non-hydrogen) atoms. The van der Waals surface area contributed by atoms with Crippen LogP contribution in [0.3, 0.4) is 0 Å². The van der Waals surface area contributed by atoms with Gasteiger partial charge in [0.15, 0.2) is 0 Å². The van der Waals surface area contributed by atoms with Crippen LogP contribution >= 0.6 is 0 Å². The molecule has 0 saturated heterocycles. The minimum atomic E-state index is -0.508. The highest BCUT2D eigenvalue weighted by molar-refractivity contribution is 6.14. The van der Waals surface area contributed by atoms with Crippen LogP contribution in [0.5, 0.6) is 0 Å². The van der Waals surface area contributed by atoms with E-state index in [-0.39, 0.29) is 10.8 Å². The molecular weight excluding hydrogens is 787 g/mol. The van der Waals surface area contributed by atoms with E-state index in [1.165, 1.54) is 84.3 Å². The van der Waals surface area contributed by atoms with Crippen molar-refractivity contribution in [3.8, 4) is 44.5 Å². The third-order valence-electron chi connectivity index (χ3n) is 15.4. The highest BCUT2D eigenvalue weighted by atomic mass is 16.3. The Morgan fingerprint density at radius 3 is 1.62 bits per heavy atom. The first kappa shape index (κ1) is 38.1. The molecule has 0 fully saturated rings. The lowest BCUT2D eigenvalue weighted by Crippen LogP contribution is -2.33. The summed E-state index contributed by atoms with van der Waals surface area (Å²) in [5.74, 6) is 0. The van der Waals surface area contributed by atoms with Crippen LogP contribution in [0, 0.1) is 0 Å². The third kappa shape index (κ3) is 5.41. The number of furan rings is 1. The molecule has 0 atom stereocenters. The molecule has 0 aliphatic heterocycles. The minimum Gasteiger partial charge on any atom is -0.456 e. The lowest BCUT2D eigenvalue weighted by Gasteiger charge is -2.42. The van der Waals surface area contributed by atoms with Gasteiger partial charge in [-0.2, -0.15) is 0 Å². The molecule has 1 heterocycles. The van der Waals surface area contributed by atoms with Crippen molar-refractivity contribution in [2.75, 3.05) is 4.90 Å². The number of fused-ring (bicyclic) bond motifs is 14. The van der Waals surface area contributed by atoms with Crippen molar-refractivity contribution >= 4 is 39.0 Å². The van der Waals surface area contributed by atoms with Gasteiger partial charge in [0.2, 0.25) is 0 Å². The van der Waals surface area contributed by atoms with Crippen molar-refractivity contribution in [3.05, 3.63) is 234 Å². The van der Waals surface area contributed by atoms with Gasteiger partial charge in [0.1, 0.15) is 11.2 Å². The van der Waals surface area contributed by atoms with Crippen molar-refractivity contribution in [3.63, 3.8) is 0 Å². The molecule has 2 heteroatoms. The van der Waals surface area contributed by atoms with Gasteiger partial charge in [0.25, 0.3) is 0 Å².